The lowest BCUT2D eigenvalue weighted by atomic mass is 10.2. The van der Waals surface area contributed by atoms with Gasteiger partial charge in [0.05, 0.1) is 11.5 Å². The molecule has 0 spiro atoms. The smallest absolute Gasteiger partial charge is 0.153 e. The summed E-state index contributed by atoms with van der Waals surface area (Å²) in [5, 5.41) is 0. The lowest BCUT2D eigenvalue weighted by Gasteiger charge is -2.34. The molecule has 2 bridgehead atoms. The molecule has 2 aliphatic heterocycles. The minimum Gasteiger partial charge on any atom is -0.295 e. The van der Waals surface area contributed by atoms with E-state index in [1.807, 2.05) is 0 Å². The fourth-order valence-corrected chi connectivity index (χ4v) is 5.16. The van der Waals surface area contributed by atoms with Gasteiger partial charge in [-0.25, -0.2) is 8.42 Å². The summed E-state index contributed by atoms with van der Waals surface area (Å²) in [5.41, 5.74) is 0. The fraction of sp³-hybridized carbons (Fsp3) is 1.00. The van der Waals surface area contributed by atoms with Gasteiger partial charge in [0.2, 0.25) is 0 Å². The predicted molar refractivity (Wildman–Crippen MR) is 59.5 cm³/mol. The van der Waals surface area contributed by atoms with E-state index in [-0.39, 0.29) is 0 Å². The van der Waals surface area contributed by atoms with Crippen LogP contribution in [0.5, 0.6) is 0 Å². The van der Waals surface area contributed by atoms with E-state index in [9.17, 15) is 8.42 Å². The molecule has 0 N–H and O–H groups in total. The highest BCUT2D eigenvalue weighted by molar-refractivity contribution is 7.91. The van der Waals surface area contributed by atoms with Crippen LogP contribution in [0.1, 0.15) is 32.1 Å². The Morgan fingerprint density at radius 1 is 1.00 bits per heavy atom. The molecule has 1 saturated carbocycles. The van der Waals surface area contributed by atoms with Gasteiger partial charge >= 0.3 is 0 Å². The van der Waals surface area contributed by atoms with Crippen LogP contribution in [0.15, 0.2) is 0 Å². The summed E-state index contributed by atoms with van der Waals surface area (Å²) in [6.07, 6.45) is 6.32. The SMILES string of the molecule is O=S1(=O)CC2CCC(C1)N2CCC1CC1. The standard InChI is InChI=1S/C11H19NO2S/c13-15(14)7-10-3-4-11(8-15)12(10)6-5-9-1-2-9/h9-11H,1-8H2. The monoisotopic (exact) mass is 229 g/mol. The Morgan fingerprint density at radius 3 is 2.13 bits per heavy atom. The second kappa shape index (κ2) is 3.45. The van der Waals surface area contributed by atoms with Crippen LogP contribution in [0.2, 0.25) is 0 Å². The predicted octanol–water partition coefficient (Wildman–Crippen LogP) is 1.05. The second-order valence-electron chi connectivity index (χ2n) is 5.43. The zero-order chi connectivity index (χ0) is 10.5. The van der Waals surface area contributed by atoms with Crippen LogP contribution in [0.25, 0.3) is 0 Å². The molecular weight excluding hydrogens is 210 g/mol. The average Bonchev–Trinajstić information content (AvgIpc) is 2.91. The van der Waals surface area contributed by atoms with Gasteiger partial charge < -0.3 is 0 Å². The summed E-state index contributed by atoms with van der Waals surface area (Å²) in [7, 11) is -2.72. The molecule has 3 nitrogen and oxygen atoms in total. The van der Waals surface area contributed by atoms with E-state index >= 15 is 0 Å². The van der Waals surface area contributed by atoms with Crippen molar-refractivity contribution in [2.45, 2.75) is 44.2 Å². The van der Waals surface area contributed by atoms with Gasteiger partial charge in [0.25, 0.3) is 0 Å². The normalized spacial score (nSPS) is 39.5. The van der Waals surface area contributed by atoms with Crippen molar-refractivity contribution in [2.24, 2.45) is 5.92 Å². The van der Waals surface area contributed by atoms with E-state index in [0.717, 1.165) is 25.3 Å². The molecule has 0 radical (unpaired) electrons. The lowest BCUT2D eigenvalue weighted by Crippen LogP contribution is -2.49. The molecule has 86 valence electrons. The van der Waals surface area contributed by atoms with Crippen LogP contribution in [-0.4, -0.2) is 43.5 Å². The third-order valence-electron chi connectivity index (χ3n) is 4.16. The van der Waals surface area contributed by atoms with Gasteiger partial charge in [-0.05, 0) is 31.7 Å². The van der Waals surface area contributed by atoms with Crippen LogP contribution >= 0.6 is 0 Å². The summed E-state index contributed by atoms with van der Waals surface area (Å²) in [4.78, 5) is 2.49. The maximum Gasteiger partial charge on any atom is 0.153 e. The largest absolute Gasteiger partial charge is 0.295 e. The van der Waals surface area contributed by atoms with Crippen molar-refractivity contribution in [2.75, 3.05) is 18.1 Å². The van der Waals surface area contributed by atoms with Crippen LogP contribution in [0, 0.1) is 5.92 Å². The van der Waals surface area contributed by atoms with Gasteiger partial charge in [0, 0.05) is 12.1 Å². The highest BCUT2D eigenvalue weighted by Crippen LogP contribution is 2.36. The number of rotatable bonds is 3. The molecule has 0 aromatic rings. The van der Waals surface area contributed by atoms with Crippen LogP contribution in [-0.2, 0) is 9.84 Å². The number of fused-ring (bicyclic) bond motifs is 2. The minimum atomic E-state index is -2.72. The van der Waals surface area contributed by atoms with Gasteiger partial charge in [-0.1, -0.05) is 12.8 Å². The molecule has 3 fully saturated rings. The number of hydrogen-bond donors (Lipinski definition) is 0. The molecule has 2 saturated heterocycles. The van der Waals surface area contributed by atoms with Crippen LogP contribution in [0.3, 0.4) is 0 Å². The molecule has 1 aliphatic carbocycles. The molecule has 15 heavy (non-hydrogen) atoms. The maximum absolute atomic E-state index is 11.6. The zero-order valence-corrected chi connectivity index (χ0v) is 9.88. The molecule has 0 amide bonds. The van der Waals surface area contributed by atoms with Crippen molar-refractivity contribution >= 4 is 9.84 Å². The van der Waals surface area contributed by atoms with Crippen molar-refractivity contribution in [3.63, 3.8) is 0 Å². The number of nitrogens with zero attached hydrogens (tertiary/aromatic N) is 1. The third-order valence-corrected chi connectivity index (χ3v) is 5.94. The highest BCUT2D eigenvalue weighted by Gasteiger charge is 2.43. The Labute approximate surface area is 91.8 Å². The van der Waals surface area contributed by atoms with Gasteiger partial charge in [-0.3, -0.25) is 4.90 Å². The second-order valence-corrected chi connectivity index (χ2v) is 7.59. The number of hydrogen-bond acceptors (Lipinski definition) is 3. The molecule has 2 unspecified atom stereocenters. The fourth-order valence-electron chi connectivity index (χ4n) is 3.13. The Hall–Kier alpha value is -0.0900. The maximum atomic E-state index is 11.6. The van der Waals surface area contributed by atoms with E-state index in [1.54, 1.807) is 0 Å². The van der Waals surface area contributed by atoms with Gasteiger partial charge in [-0.15, -0.1) is 0 Å². The first-order valence-corrected chi connectivity index (χ1v) is 7.92. The van der Waals surface area contributed by atoms with Gasteiger partial charge in [0.15, 0.2) is 9.84 Å². The Bertz CT molecular complexity index is 328. The van der Waals surface area contributed by atoms with Crippen molar-refractivity contribution in [1.82, 2.24) is 4.90 Å². The van der Waals surface area contributed by atoms with Crippen molar-refractivity contribution in [3.8, 4) is 0 Å². The Balaban J connectivity index is 1.65. The van der Waals surface area contributed by atoms with Crippen molar-refractivity contribution in [1.29, 1.82) is 0 Å². The zero-order valence-electron chi connectivity index (χ0n) is 9.06. The van der Waals surface area contributed by atoms with E-state index in [2.05, 4.69) is 4.90 Å². The summed E-state index contributed by atoms with van der Waals surface area (Å²) < 4.78 is 23.2. The third kappa shape index (κ3) is 2.07. The topological polar surface area (TPSA) is 37.4 Å². The highest BCUT2D eigenvalue weighted by atomic mass is 32.2. The average molecular weight is 229 g/mol. The number of sulfone groups is 1. The van der Waals surface area contributed by atoms with Gasteiger partial charge in [0.1, 0.15) is 0 Å². The lowest BCUT2D eigenvalue weighted by molar-refractivity contribution is 0.201. The molecule has 4 heteroatoms. The summed E-state index contributed by atoms with van der Waals surface area (Å²) in [6.45, 7) is 1.15. The molecule has 2 heterocycles. The first-order valence-electron chi connectivity index (χ1n) is 6.10. The van der Waals surface area contributed by atoms with E-state index in [4.69, 9.17) is 0 Å². The molecule has 3 aliphatic rings. The first-order chi connectivity index (χ1) is 7.14. The van der Waals surface area contributed by atoms with E-state index in [0.29, 0.717) is 23.6 Å². The summed E-state index contributed by atoms with van der Waals surface area (Å²) in [5.74, 6) is 1.81. The van der Waals surface area contributed by atoms with Crippen LogP contribution in [0.4, 0.5) is 0 Å². The first kappa shape index (κ1) is 10.1. The van der Waals surface area contributed by atoms with Gasteiger partial charge in [-0.2, -0.15) is 0 Å². The Kier molecular flexibility index (Phi) is 2.32. The Morgan fingerprint density at radius 2 is 1.60 bits per heavy atom. The molecule has 3 rings (SSSR count). The van der Waals surface area contributed by atoms with Crippen molar-refractivity contribution < 1.29 is 8.42 Å². The molecule has 0 aromatic heterocycles. The summed E-state index contributed by atoms with van der Waals surface area (Å²) in [6, 6.07) is 0.708. The molecule has 2 atom stereocenters. The minimum absolute atomic E-state index is 0.354. The quantitative estimate of drug-likeness (QED) is 0.726. The molecule has 0 aromatic carbocycles. The van der Waals surface area contributed by atoms with Crippen LogP contribution < -0.4 is 0 Å². The summed E-state index contributed by atoms with van der Waals surface area (Å²) >= 11 is 0. The van der Waals surface area contributed by atoms with Crippen molar-refractivity contribution in [3.05, 3.63) is 0 Å². The molecular formula is C11H19NO2S. The van der Waals surface area contributed by atoms with E-state index in [1.165, 1.54) is 19.3 Å². The van der Waals surface area contributed by atoms with E-state index < -0.39 is 9.84 Å².